The number of carbonyl (C=O) groups excluding carboxylic acids is 4. The van der Waals surface area contributed by atoms with Crippen LogP contribution in [-0.4, -0.2) is 101 Å². The Morgan fingerprint density at radius 1 is 1.08 bits per heavy atom. The number of aryl methyl sites for hydroxylation is 1. The molecule has 1 aliphatic carbocycles. The predicted octanol–water partition coefficient (Wildman–Crippen LogP) is 6.57. The Labute approximate surface area is 370 Å². The van der Waals surface area contributed by atoms with E-state index in [1.165, 1.54) is 11.1 Å². The SMILES string of the molecule is C=CC(=O)N1CC(O[C@@H]2CC[C@H](C)[C@H]2C(=O)N[C@H]2Cc3cccc(c3)-c3ccc4c(c3)c(c(-c3cccnc3[C@H](C)OC)n4CC)CC(C)(C)COC(=O)[C@@H]3CCCN(N3)C2=O)C1. The third-order valence-corrected chi connectivity index (χ3v) is 13.6. The summed E-state index contributed by atoms with van der Waals surface area (Å²) in [5.41, 5.74) is 10.8. The normalized spacial score (nSPS) is 24.6. The standard InChI is InChI=1S/C50H62N6O7/c1-8-43(57)54-27-35(28-54)63-42-20-17-30(3)44(42)47(58)52-40-24-32-13-10-14-33(23-32)34-18-19-41-37(25-34)38(46(55(41)9-2)36-15-11-21-51-45(36)31(4)61-7)26-50(5,6)29-62-49(60)39-16-12-22-56(53-39)48(40)59/h8,10-11,13-15,18-19,21,23,25,30-31,35,39-40,42,44,53H,1,9,12,16-17,20,22,24,26-29H2,2-7H3,(H,52,58)/t30-,31-,39-,40-,42+,44+/m0/s1. The van der Waals surface area contributed by atoms with Crippen molar-refractivity contribution in [3.05, 3.63) is 90.3 Å². The maximum absolute atomic E-state index is 14.6. The first-order valence-electron chi connectivity index (χ1n) is 22.6. The van der Waals surface area contributed by atoms with Crippen LogP contribution in [0.15, 0.2) is 73.4 Å². The average Bonchev–Trinajstić information content (AvgIpc) is 3.80. The molecule has 2 aromatic carbocycles. The molecule has 13 nitrogen and oxygen atoms in total. The van der Waals surface area contributed by atoms with Gasteiger partial charge in [0.2, 0.25) is 11.8 Å². The van der Waals surface area contributed by atoms with Crippen molar-refractivity contribution in [3.8, 4) is 22.4 Å². The number of hydrazine groups is 1. The van der Waals surface area contributed by atoms with E-state index in [0.29, 0.717) is 45.3 Å². The number of nitrogens with zero attached hydrogens (tertiary/aromatic N) is 4. The molecule has 3 aliphatic heterocycles. The van der Waals surface area contributed by atoms with Gasteiger partial charge in [0.25, 0.3) is 5.91 Å². The van der Waals surface area contributed by atoms with Crippen molar-refractivity contribution in [2.24, 2.45) is 17.3 Å². The van der Waals surface area contributed by atoms with Crippen LogP contribution < -0.4 is 10.7 Å². The van der Waals surface area contributed by atoms with Gasteiger partial charge in [-0.2, -0.15) is 0 Å². The molecule has 8 rings (SSSR count). The Kier molecular flexibility index (Phi) is 12.9. The van der Waals surface area contributed by atoms with Gasteiger partial charge >= 0.3 is 5.97 Å². The second-order valence-electron chi connectivity index (χ2n) is 18.7. The van der Waals surface area contributed by atoms with Crippen molar-refractivity contribution in [1.29, 1.82) is 0 Å². The smallest absolute Gasteiger partial charge is 0.324 e. The lowest BCUT2D eigenvalue weighted by Crippen LogP contribution is -2.61. The number of likely N-dealkylation sites (tertiary alicyclic amines) is 1. The number of rotatable bonds is 9. The third kappa shape index (κ3) is 9.05. The Bertz CT molecular complexity index is 2390. The maximum atomic E-state index is 14.6. The minimum atomic E-state index is -0.927. The van der Waals surface area contributed by atoms with Gasteiger partial charge in [0.05, 0.1) is 42.2 Å². The van der Waals surface area contributed by atoms with Crippen LogP contribution in [0, 0.1) is 17.3 Å². The minimum Gasteiger partial charge on any atom is -0.464 e. The lowest BCUT2D eigenvalue weighted by molar-refractivity contribution is -0.156. The number of esters is 1. The number of nitrogens with one attached hydrogen (secondary N) is 2. The molecule has 0 unspecified atom stereocenters. The van der Waals surface area contributed by atoms with E-state index in [2.05, 4.69) is 86.0 Å². The lowest BCUT2D eigenvalue weighted by atomic mass is 9.84. The summed E-state index contributed by atoms with van der Waals surface area (Å²) in [6.07, 6.45) is 5.85. The van der Waals surface area contributed by atoms with Gasteiger partial charge < -0.3 is 29.0 Å². The average molecular weight is 859 g/mol. The summed E-state index contributed by atoms with van der Waals surface area (Å²) < 4.78 is 20.7. The fourth-order valence-electron chi connectivity index (χ4n) is 10.1. The number of pyridine rings is 1. The zero-order valence-electron chi connectivity index (χ0n) is 37.5. The molecule has 6 bridgehead atoms. The van der Waals surface area contributed by atoms with Crippen LogP contribution in [0.5, 0.6) is 0 Å². The van der Waals surface area contributed by atoms with E-state index in [-0.39, 0.29) is 55.0 Å². The largest absolute Gasteiger partial charge is 0.464 e. The Morgan fingerprint density at radius 3 is 2.63 bits per heavy atom. The number of benzene rings is 2. The number of fused-ring (bicyclic) bond motifs is 6. The molecule has 1 saturated carbocycles. The van der Waals surface area contributed by atoms with Gasteiger partial charge in [-0.3, -0.25) is 29.2 Å². The number of methoxy groups -OCH3 is 1. The number of hydrogen-bond acceptors (Lipinski definition) is 9. The van der Waals surface area contributed by atoms with Crippen LogP contribution in [0.2, 0.25) is 0 Å². The molecular weight excluding hydrogens is 797 g/mol. The van der Waals surface area contributed by atoms with Gasteiger partial charge in [0.1, 0.15) is 12.1 Å². The zero-order chi connectivity index (χ0) is 44.6. The summed E-state index contributed by atoms with van der Waals surface area (Å²) in [6.45, 7) is 16.2. The summed E-state index contributed by atoms with van der Waals surface area (Å²) in [5.74, 6) is -1.53. The molecule has 2 aromatic heterocycles. The Morgan fingerprint density at radius 2 is 1.87 bits per heavy atom. The number of aromatic nitrogens is 2. The molecule has 63 heavy (non-hydrogen) atoms. The summed E-state index contributed by atoms with van der Waals surface area (Å²) >= 11 is 0. The van der Waals surface area contributed by atoms with Crippen molar-refractivity contribution >= 4 is 34.6 Å². The van der Waals surface area contributed by atoms with Crippen LogP contribution in [-0.2, 0) is 52.8 Å². The van der Waals surface area contributed by atoms with E-state index < -0.39 is 29.4 Å². The Hall–Kier alpha value is -5.37. The first-order valence-corrected chi connectivity index (χ1v) is 22.6. The first-order chi connectivity index (χ1) is 30.3. The second kappa shape index (κ2) is 18.4. The summed E-state index contributed by atoms with van der Waals surface area (Å²) in [5, 5.41) is 5.77. The number of amides is 3. The highest BCUT2D eigenvalue weighted by Crippen LogP contribution is 2.42. The molecule has 6 atom stereocenters. The molecule has 0 radical (unpaired) electrons. The van der Waals surface area contributed by atoms with E-state index >= 15 is 0 Å². The maximum Gasteiger partial charge on any atom is 0.324 e. The first kappa shape index (κ1) is 44.2. The van der Waals surface area contributed by atoms with Crippen molar-refractivity contribution in [1.82, 2.24) is 30.2 Å². The summed E-state index contributed by atoms with van der Waals surface area (Å²) in [6, 6.07) is 17.2. The van der Waals surface area contributed by atoms with Crippen LogP contribution in [0.1, 0.15) is 83.2 Å². The van der Waals surface area contributed by atoms with E-state index in [1.54, 1.807) is 18.2 Å². The monoisotopic (exact) mass is 858 g/mol. The van der Waals surface area contributed by atoms with E-state index in [1.807, 2.05) is 25.1 Å². The van der Waals surface area contributed by atoms with Gasteiger partial charge in [-0.25, -0.2) is 5.43 Å². The minimum absolute atomic E-state index is 0.0335. The third-order valence-electron chi connectivity index (χ3n) is 13.6. The molecule has 2 saturated heterocycles. The van der Waals surface area contributed by atoms with Crippen molar-refractivity contribution in [3.63, 3.8) is 0 Å². The molecule has 4 aliphatic rings. The molecule has 3 amide bonds. The highest BCUT2D eigenvalue weighted by Gasteiger charge is 2.44. The van der Waals surface area contributed by atoms with E-state index in [4.69, 9.17) is 19.2 Å². The van der Waals surface area contributed by atoms with Crippen molar-refractivity contribution in [2.75, 3.05) is 33.4 Å². The molecule has 4 aromatic rings. The molecule has 2 N–H and O–H groups in total. The molecular formula is C50H62N6O7. The fraction of sp³-hybridized carbons (Fsp3) is 0.500. The number of ether oxygens (including phenoxy) is 3. The topological polar surface area (TPSA) is 144 Å². The molecule has 13 heteroatoms. The molecule has 0 spiro atoms. The predicted molar refractivity (Wildman–Crippen MR) is 241 cm³/mol. The zero-order valence-corrected chi connectivity index (χ0v) is 37.5. The van der Waals surface area contributed by atoms with Crippen LogP contribution in [0.25, 0.3) is 33.3 Å². The summed E-state index contributed by atoms with van der Waals surface area (Å²) in [7, 11) is 1.70. The van der Waals surface area contributed by atoms with Crippen LogP contribution in [0.4, 0.5) is 0 Å². The molecule has 3 fully saturated rings. The Balaban J connectivity index is 1.17. The number of hydrogen-bond donors (Lipinski definition) is 2. The molecule has 334 valence electrons. The lowest BCUT2D eigenvalue weighted by Gasteiger charge is -2.40. The molecule has 5 heterocycles. The van der Waals surface area contributed by atoms with Crippen LogP contribution in [0.3, 0.4) is 0 Å². The number of cyclic esters (lactones) is 1. The van der Waals surface area contributed by atoms with Crippen LogP contribution >= 0.6 is 0 Å². The quantitative estimate of drug-likeness (QED) is 0.141. The van der Waals surface area contributed by atoms with Gasteiger partial charge in [0.15, 0.2) is 0 Å². The fourth-order valence-corrected chi connectivity index (χ4v) is 10.1. The number of carbonyl (C=O) groups is 4. The van der Waals surface area contributed by atoms with Gasteiger partial charge in [-0.1, -0.05) is 57.7 Å². The van der Waals surface area contributed by atoms with Gasteiger partial charge in [0, 0.05) is 67.8 Å². The van der Waals surface area contributed by atoms with Gasteiger partial charge in [-0.15, -0.1) is 0 Å². The van der Waals surface area contributed by atoms with E-state index in [0.717, 1.165) is 63.1 Å². The van der Waals surface area contributed by atoms with Crippen molar-refractivity contribution in [2.45, 2.75) is 110 Å². The van der Waals surface area contributed by atoms with Crippen molar-refractivity contribution < 1.29 is 33.4 Å². The summed E-state index contributed by atoms with van der Waals surface area (Å²) in [4.78, 5) is 61.5. The van der Waals surface area contributed by atoms with Gasteiger partial charge in [-0.05, 0) is 104 Å². The van der Waals surface area contributed by atoms with E-state index in [9.17, 15) is 19.2 Å². The highest BCUT2D eigenvalue weighted by molar-refractivity contribution is 5.95. The second-order valence-corrected chi connectivity index (χ2v) is 18.7. The highest BCUT2D eigenvalue weighted by atomic mass is 16.5.